The molecule has 0 radical (unpaired) electrons. The molecule has 0 aromatic carbocycles. The average Bonchev–Trinajstić information content (AvgIpc) is 3.29. The van der Waals surface area contributed by atoms with Crippen molar-refractivity contribution in [1.29, 1.82) is 0 Å². The Bertz CT molecular complexity index is 890. The van der Waals surface area contributed by atoms with Gasteiger partial charge in [-0.2, -0.15) is 0 Å². The van der Waals surface area contributed by atoms with E-state index in [0.29, 0.717) is 25.4 Å². The van der Waals surface area contributed by atoms with Crippen molar-refractivity contribution < 1.29 is 9.53 Å². The Morgan fingerprint density at radius 3 is 2.93 bits per heavy atom. The molecule has 148 valence electrons. The number of rotatable bonds is 6. The van der Waals surface area contributed by atoms with E-state index in [1.54, 1.807) is 6.20 Å². The van der Waals surface area contributed by atoms with Crippen LogP contribution in [0.1, 0.15) is 43.0 Å². The summed E-state index contributed by atoms with van der Waals surface area (Å²) < 4.78 is 5.49. The Kier molecular flexibility index (Phi) is 5.15. The van der Waals surface area contributed by atoms with Crippen LogP contribution in [-0.2, 0) is 22.4 Å². The number of carbonyl (C=O) groups excluding carboxylic acids is 1. The van der Waals surface area contributed by atoms with E-state index in [-0.39, 0.29) is 11.2 Å². The summed E-state index contributed by atoms with van der Waals surface area (Å²) in [5.41, 5.74) is 4.17. The molecule has 2 aliphatic rings. The first kappa shape index (κ1) is 19.0. The maximum absolute atomic E-state index is 12.7. The van der Waals surface area contributed by atoms with E-state index in [1.165, 1.54) is 5.56 Å². The minimum absolute atomic E-state index is 0.0256. The number of ketones is 1. The van der Waals surface area contributed by atoms with Gasteiger partial charge in [-0.05, 0) is 50.3 Å². The lowest BCUT2D eigenvalue weighted by Gasteiger charge is -2.24. The molecule has 1 unspecified atom stereocenters. The quantitative estimate of drug-likeness (QED) is 0.767. The second kappa shape index (κ2) is 7.59. The lowest BCUT2D eigenvalue weighted by Crippen LogP contribution is -2.31. The van der Waals surface area contributed by atoms with Gasteiger partial charge in [0.2, 0.25) is 0 Å². The van der Waals surface area contributed by atoms with Crippen LogP contribution in [0.25, 0.3) is 11.5 Å². The fourth-order valence-corrected chi connectivity index (χ4v) is 4.22. The van der Waals surface area contributed by atoms with E-state index in [1.807, 2.05) is 31.0 Å². The zero-order valence-electron chi connectivity index (χ0n) is 17.0. The molecular weight excluding hydrogens is 352 g/mol. The van der Waals surface area contributed by atoms with Gasteiger partial charge in [-0.1, -0.05) is 6.92 Å². The van der Waals surface area contributed by atoms with Crippen molar-refractivity contribution in [3.8, 4) is 11.5 Å². The highest BCUT2D eigenvalue weighted by Crippen LogP contribution is 2.33. The molecule has 1 saturated heterocycles. The van der Waals surface area contributed by atoms with Gasteiger partial charge < -0.3 is 9.64 Å². The molecule has 2 aromatic rings. The highest BCUT2D eigenvalue weighted by molar-refractivity contribution is 5.84. The predicted molar refractivity (Wildman–Crippen MR) is 108 cm³/mol. The summed E-state index contributed by atoms with van der Waals surface area (Å²) in [6.07, 6.45) is 6.31. The molecule has 0 bridgehead atoms. The van der Waals surface area contributed by atoms with E-state index in [0.717, 1.165) is 55.1 Å². The lowest BCUT2D eigenvalue weighted by molar-refractivity contribution is -0.119. The first-order valence-electron chi connectivity index (χ1n) is 10.1. The van der Waals surface area contributed by atoms with E-state index in [9.17, 15) is 4.79 Å². The highest BCUT2D eigenvalue weighted by Gasteiger charge is 2.32. The summed E-state index contributed by atoms with van der Waals surface area (Å²) in [5, 5.41) is 0. The van der Waals surface area contributed by atoms with Crippen LogP contribution < -0.4 is 4.90 Å². The number of carbonyl (C=O) groups is 1. The number of pyridine rings is 1. The maximum atomic E-state index is 12.7. The molecule has 1 atom stereocenters. The number of hydrogen-bond donors (Lipinski definition) is 0. The maximum Gasteiger partial charge on any atom is 0.180 e. The summed E-state index contributed by atoms with van der Waals surface area (Å²) in [5.74, 6) is 1.76. The van der Waals surface area contributed by atoms with Crippen LogP contribution in [0.2, 0.25) is 0 Å². The van der Waals surface area contributed by atoms with Gasteiger partial charge in [0.15, 0.2) is 11.6 Å². The predicted octanol–water partition coefficient (Wildman–Crippen LogP) is 3.16. The second-order valence-corrected chi connectivity index (χ2v) is 8.55. The second-order valence-electron chi connectivity index (χ2n) is 8.55. The van der Waals surface area contributed by atoms with Gasteiger partial charge in [0.1, 0.15) is 11.5 Å². The first-order valence-corrected chi connectivity index (χ1v) is 10.1. The molecule has 6 heteroatoms. The van der Waals surface area contributed by atoms with Gasteiger partial charge in [-0.3, -0.25) is 9.78 Å². The number of nitrogens with zero attached hydrogens (tertiary/aromatic N) is 4. The van der Waals surface area contributed by atoms with Crippen molar-refractivity contribution in [1.82, 2.24) is 15.0 Å². The molecule has 0 N–H and O–H groups in total. The normalized spacial score (nSPS) is 21.0. The summed E-state index contributed by atoms with van der Waals surface area (Å²) >= 11 is 0. The topological polar surface area (TPSA) is 68.2 Å². The van der Waals surface area contributed by atoms with Crippen LogP contribution in [0.4, 0.5) is 5.82 Å². The number of aryl methyl sites for hydroxylation is 2. The molecular formula is C22H28N4O2. The van der Waals surface area contributed by atoms with Crippen molar-refractivity contribution in [2.75, 3.05) is 31.7 Å². The number of hydrogen-bond acceptors (Lipinski definition) is 6. The molecule has 6 nitrogen and oxygen atoms in total. The summed E-state index contributed by atoms with van der Waals surface area (Å²) in [4.78, 5) is 28.8. The third-order valence-electron chi connectivity index (χ3n) is 5.76. The molecule has 0 amide bonds. The Labute approximate surface area is 166 Å². The lowest BCUT2D eigenvalue weighted by atomic mass is 9.84. The van der Waals surface area contributed by atoms with Crippen molar-refractivity contribution in [2.24, 2.45) is 5.41 Å². The molecule has 0 saturated carbocycles. The molecule has 1 fully saturated rings. The van der Waals surface area contributed by atoms with Crippen molar-refractivity contribution in [3.63, 3.8) is 0 Å². The Hall–Kier alpha value is -2.34. The third-order valence-corrected chi connectivity index (χ3v) is 5.76. The number of Topliss-reactive ketones (excluding diaryl/α,β-unsaturated/α-hetero) is 1. The van der Waals surface area contributed by atoms with E-state index in [2.05, 4.69) is 11.9 Å². The van der Waals surface area contributed by atoms with Crippen LogP contribution in [-0.4, -0.2) is 47.5 Å². The SMILES string of the molecule is Cc1ccnc(-c2nc3c(c(N(C)CC(=O)CC4(C)CCOC4)n2)CCC3)c1. The van der Waals surface area contributed by atoms with Crippen LogP contribution in [0, 0.1) is 12.3 Å². The number of fused-ring (bicyclic) bond motifs is 1. The van der Waals surface area contributed by atoms with Gasteiger partial charge in [0.05, 0.1) is 13.2 Å². The fraction of sp³-hybridized carbons (Fsp3) is 0.545. The average molecular weight is 380 g/mol. The minimum atomic E-state index is -0.0256. The van der Waals surface area contributed by atoms with E-state index in [4.69, 9.17) is 14.7 Å². The summed E-state index contributed by atoms with van der Waals surface area (Å²) in [6, 6.07) is 3.97. The molecule has 3 heterocycles. The summed E-state index contributed by atoms with van der Waals surface area (Å²) in [6.45, 7) is 5.97. The van der Waals surface area contributed by atoms with Gasteiger partial charge in [-0.15, -0.1) is 0 Å². The van der Waals surface area contributed by atoms with Gasteiger partial charge in [-0.25, -0.2) is 9.97 Å². The largest absolute Gasteiger partial charge is 0.381 e. The van der Waals surface area contributed by atoms with Gasteiger partial charge in [0, 0.05) is 42.9 Å². The third kappa shape index (κ3) is 3.92. The standard InChI is InChI=1S/C22H28N4O2/c1-15-7-9-23-19(11-15)20-24-18-6-4-5-17(18)21(25-20)26(3)13-16(27)12-22(2)8-10-28-14-22/h7,9,11H,4-6,8,10,12-14H2,1-3H3. The van der Waals surface area contributed by atoms with Crippen LogP contribution >= 0.6 is 0 Å². The monoisotopic (exact) mass is 380 g/mol. The van der Waals surface area contributed by atoms with Crippen LogP contribution in [0.15, 0.2) is 18.3 Å². The van der Waals surface area contributed by atoms with E-state index >= 15 is 0 Å². The van der Waals surface area contributed by atoms with Crippen molar-refractivity contribution in [2.45, 2.75) is 46.0 Å². The Morgan fingerprint density at radius 1 is 1.32 bits per heavy atom. The zero-order chi connectivity index (χ0) is 19.7. The number of aromatic nitrogens is 3. The number of anilines is 1. The number of likely N-dealkylation sites (N-methyl/N-ethyl adjacent to an activating group) is 1. The molecule has 1 aliphatic heterocycles. The molecule has 1 aliphatic carbocycles. The van der Waals surface area contributed by atoms with Gasteiger partial charge >= 0.3 is 0 Å². The highest BCUT2D eigenvalue weighted by atomic mass is 16.5. The molecule has 2 aromatic heterocycles. The molecule has 0 spiro atoms. The molecule has 28 heavy (non-hydrogen) atoms. The fourth-order valence-electron chi connectivity index (χ4n) is 4.22. The minimum Gasteiger partial charge on any atom is -0.381 e. The summed E-state index contributed by atoms with van der Waals surface area (Å²) in [7, 11) is 1.96. The van der Waals surface area contributed by atoms with Crippen LogP contribution in [0.5, 0.6) is 0 Å². The Morgan fingerprint density at radius 2 is 2.18 bits per heavy atom. The van der Waals surface area contributed by atoms with Gasteiger partial charge in [0.25, 0.3) is 0 Å². The van der Waals surface area contributed by atoms with Crippen molar-refractivity contribution >= 4 is 11.6 Å². The first-order chi connectivity index (χ1) is 13.4. The van der Waals surface area contributed by atoms with Crippen LogP contribution in [0.3, 0.4) is 0 Å². The Balaban J connectivity index is 1.58. The zero-order valence-corrected chi connectivity index (χ0v) is 17.0. The number of ether oxygens (including phenoxy) is 1. The van der Waals surface area contributed by atoms with Crippen molar-refractivity contribution in [3.05, 3.63) is 35.2 Å². The van der Waals surface area contributed by atoms with E-state index < -0.39 is 0 Å². The smallest absolute Gasteiger partial charge is 0.180 e. The molecule has 4 rings (SSSR count).